The van der Waals surface area contributed by atoms with Gasteiger partial charge in [0.15, 0.2) is 0 Å². The Labute approximate surface area is 113 Å². The highest BCUT2D eigenvalue weighted by molar-refractivity contribution is 7.99. The van der Waals surface area contributed by atoms with Gasteiger partial charge in [-0.3, -0.25) is 0 Å². The van der Waals surface area contributed by atoms with Crippen LogP contribution in [0.1, 0.15) is 25.3 Å². The molecule has 1 atom stereocenters. The molecule has 0 N–H and O–H groups in total. The van der Waals surface area contributed by atoms with E-state index in [1.54, 1.807) is 12.1 Å². The fraction of sp³-hybridized carbons (Fsp3) is 0.571. The predicted molar refractivity (Wildman–Crippen MR) is 76.5 cm³/mol. The lowest BCUT2D eigenvalue weighted by Crippen LogP contribution is -2.07. The molecule has 0 aliphatic carbocycles. The Balaban J connectivity index is 2.35. The van der Waals surface area contributed by atoms with Crippen LogP contribution in [-0.2, 0) is 6.42 Å². The van der Waals surface area contributed by atoms with Crippen LogP contribution in [0.25, 0.3) is 0 Å². The highest BCUT2D eigenvalue weighted by Gasteiger charge is 2.08. The lowest BCUT2D eigenvalue weighted by Gasteiger charge is -2.13. The third-order valence-electron chi connectivity index (χ3n) is 2.74. The average Bonchev–Trinajstić information content (AvgIpc) is 2.33. The smallest absolute Gasteiger partial charge is 0.123 e. The molecular formula is C14H20ClFS. The van der Waals surface area contributed by atoms with Crippen LogP contribution in [0.3, 0.4) is 0 Å². The summed E-state index contributed by atoms with van der Waals surface area (Å²) in [5.41, 5.74) is 1.05. The largest absolute Gasteiger partial charge is 0.207 e. The Bertz CT molecular complexity index is 317. The summed E-state index contributed by atoms with van der Waals surface area (Å²) >= 11 is 7.94. The van der Waals surface area contributed by atoms with Crippen LogP contribution in [0.2, 0.25) is 0 Å². The molecule has 0 aliphatic heterocycles. The van der Waals surface area contributed by atoms with Crippen LogP contribution in [0.15, 0.2) is 24.3 Å². The van der Waals surface area contributed by atoms with E-state index in [2.05, 4.69) is 6.92 Å². The minimum Gasteiger partial charge on any atom is -0.207 e. The second-order valence-corrected chi connectivity index (χ2v) is 5.90. The maximum Gasteiger partial charge on any atom is 0.123 e. The lowest BCUT2D eigenvalue weighted by molar-refractivity contribution is 0.528. The van der Waals surface area contributed by atoms with Gasteiger partial charge in [-0.1, -0.05) is 19.1 Å². The molecule has 17 heavy (non-hydrogen) atoms. The molecule has 0 bridgehead atoms. The third-order valence-corrected chi connectivity index (χ3v) is 4.16. The highest BCUT2D eigenvalue weighted by Crippen LogP contribution is 2.18. The predicted octanol–water partition coefficient (Wildman–Crippen LogP) is 4.76. The summed E-state index contributed by atoms with van der Waals surface area (Å²) in [7, 11) is 0. The summed E-state index contributed by atoms with van der Waals surface area (Å²) in [4.78, 5) is 0. The van der Waals surface area contributed by atoms with E-state index >= 15 is 0 Å². The summed E-state index contributed by atoms with van der Waals surface area (Å²) in [6.45, 7) is 2.18. The van der Waals surface area contributed by atoms with Gasteiger partial charge < -0.3 is 0 Å². The summed E-state index contributed by atoms with van der Waals surface area (Å²) in [5, 5.41) is 0. The molecule has 1 rings (SSSR count). The van der Waals surface area contributed by atoms with Crippen molar-refractivity contribution in [2.45, 2.75) is 26.2 Å². The van der Waals surface area contributed by atoms with Gasteiger partial charge in [-0.2, -0.15) is 11.8 Å². The Morgan fingerprint density at radius 3 is 2.88 bits per heavy atom. The van der Waals surface area contributed by atoms with Crippen LogP contribution in [0.5, 0.6) is 0 Å². The number of hydrogen-bond donors (Lipinski definition) is 0. The molecular weight excluding hydrogens is 255 g/mol. The number of thioether (sulfide) groups is 1. The van der Waals surface area contributed by atoms with Gasteiger partial charge in [-0.05, 0) is 54.4 Å². The van der Waals surface area contributed by atoms with E-state index in [1.807, 2.05) is 17.8 Å². The molecule has 0 nitrogen and oxygen atoms in total. The highest BCUT2D eigenvalue weighted by atomic mass is 35.5. The van der Waals surface area contributed by atoms with Gasteiger partial charge in [0.2, 0.25) is 0 Å². The summed E-state index contributed by atoms with van der Waals surface area (Å²) in [6, 6.07) is 6.84. The first kappa shape index (κ1) is 14.8. The molecule has 0 amide bonds. The molecule has 0 aromatic heterocycles. The van der Waals surface area contributed by atoms with E-state index in [0.29, 0.717) is 11.8 Å². The maximum absolute atomic E-state index is 13.0. The van der Waals surface area contributed by atoms with Gasteiger partial charge in [0.25, 0.3) is 0 Å². The minimum absolute atomic E-state index is 0.155. The zero-order valence-electron chi connectivity index (χ0n) is 10.3. The summed E-state index contributed by atoms with van der Waals surface area (Å²) in [6.07, 6.45) is 3.22. The molecule has 3 heteroatoms. The van der Waals surface area contributed by atoms with E-state index < -0.39 is 0 Å². The summed E-state index contributed by atoms with van der Waals surface area (Å²) in [5.74, 6) is 3.35. The monoisotopic (exact) mass is 274 g/mol. The molecule has 0 radical (unpaired) electrons. The van der Waals surface area contributed by atoms with E-state index in [4.69, 9.17) is 11.6 Å². The molecule has 1 aromatic carbocycles. The van der Waals surface area contributed by atoms with E-state index in [-0.39, 0.29) is 5.82 Å². The average molecular weight is 275 g/mol. The molecule has 0 spiro atoms. The van der Waals surface area contributed by atoms with Crippen molar-refractivity contribution in [3.05, 3.63) is 35.6 Å². The third kappa shape index (κ3) is 6.32. The standard InChI is InChI=1S/C14H20ClFS/c1-2-17-8-4-6-13(11-15)9-12-5-3-7-14(16)10-12/h3,5,7,10,13H,2,4,6,8-9,11H2,1H3. The zero-order valence-corrected chi connectivity index (χ0v) is 11.9. The number of hydrogen-bond acceptors (Lipinski definition) is 1. The molecule has 0 saturated heterocycles. The Kier molecular flexibility index (Phi) is 7.70. The molecule has 0 saturated carbocycles. The molecule has 1 aromatic rings. The van der Waals surface area contributed by atoms with Crippen molar-refractivity contribution in [2.24, 2.45) is 5.92 Å². The maximum atomic E-state index is 13.0. The lowest BCUT2D eigenvalue weighted by atomic mass is 9.97. The fourth-order valence-electron chi connectivity index (χ4n) is 1.85. The zero-order chi connectivity index (χ0) is 12.5. The van der Waals surface area contributed by atoms with Gasteiger partial charge in [-0.25, -0.2) is 4.39 Å². The second-order valence-electron chi connectivity index (χ2n) is 4.19. The number of rotatable bonds is 8. The quantitative estimate of drug-likeness (QED) is 0.487. The normalized spacial score (nSPS) is 12.6. The van der Waals surface area contributed by atoms with Crippen LogP contribution < -0.4 is 0 Å². The van der Waals surface area contributed by atoms with Crippen molar-refractivity contribution in [2.75, 3.05) is 17.4 Å². The SMILES string of the molecule is CCSCCCC(CCl)Cc1cccc(F)c1. The van der Waals surface area contributed by atoms with Crippen LogP contribution in [0, 0.1) is 11.7 Å². The van der Waals surface area contributed by atoms with Crippen molar-refractivity contribution in [1.82, 2.24) is 0 Å². The second kappa shape index (κ2) is 8.82. The molecule has 0 aliphatic rings. The molecule has 1 unspecified atom stereocenters. The number of benzene rings is 1. The van der Waals surface area contributed by atoms with Crippen molar-refractivity contribution in [1.29, 1.82) is 0 Å². The first-order valence-electron chi connectivity index (χ1n) is 6.14. The molecule has 0 fully saturated rings. The van der Waals surface area contributed by atoms with E-state index in [0.717, 1.165) is 18.4 Å². The minimum atomic E-state index is -0.155. The summed E-state index contributed by atoms with van der Waals surface area (Å²) < 4.78 is 13.0. The molecule has 96 valence electrons. The van der Waals surface area contributed by atoms with Crippen LogP contribution >= 0.6 is 23.4 Å². The molecule has 0 heterocycles. The first-order chi connectivity index (χ1) is 8.26. The van der Waals surface area contributed by atoms with Gasteiger partial charge in [0.1, 0.15) is 5.82 Å². The van der Waals surface area contributed by atoms with Gasteiger partial charge in [0.05, 0.1) is 0 Å². The van der Waals surface area contributed by atoms with E-state index in [1.165, 1.54) is 24.0 Å². The topological polar surface area (TPSA) is 0 Å². The van der Waals surface area contributed by atoms with Crippen LogP contribution in [-0.4, -0.2) is 17.4 Å². The number of alkyl halides is 1. The van der Waals surface area contributed by atoms with Crippen LogP contribution in [0.4, 0.5) is 4.39 Å². The Hall–Kier alpha value is -0.210. The van der Waals surface area contributed by atoms with Crippen molar-refractivity contribution >= 4 is 23.4 Å². The van der Waals surface area contributed by atoms with Crippen molar-refractivity contribution < 1.29 is 4.39 Å². The fourth-order valence-corrected chi connectivity index (χ4v) is 2.77. The van der Waals surface area contributed by atoms with Gasteiger partial charge in [-0.15, -0.1) is 11.6 Å². The van der Waals surface area contributed by atoms with Crippen molar-refractivity contribution in [3.8, 4) is 0 Å². The Morgan fingerprint density at radius 1 is 1.41 bits per heavy atom. The van der Waals surface area contributed by atoms with Crippen molar-refractivity contribution in [3.63, 3.8) is 0 Å². The van der Waals surface area contributed by atoms with E-state index in [9.17, 15) is 4.39 Å². The van der Waals surface area contributed by atoms with Gasteiger partial charge in [0, 0.05) is 5.88 Å². The Morgan fingerprint density at radius 2 is 2.24 bits per heavy atom. The van der Waals surface area contributed by atoms with Gasteiger partial charge >= 0.3 is 0 Å². The first-order valence-corrected chi connectivity index (χ1v) is 7.83. The number of halogens is 2.